The van der Waals surface area contributed by atoms with Gasteiger partial charge >= 0.3 is 0 Å². The van der Waals surface area contributed by atoms with Crippen LogP contribution in [0.3, 0.4) is 0 Å². The van der Waals surface area contributed by atoms with Gasteiger partial charge in [0.2, 0.25) is 6.79 Å². The number of carbonyl (C=O) groups is 1. The van der Waals surface area contributed by atoms with E-state index < -0.39 is 0 Å². The van der Waals surface area contributed by atoms with Crippen LogP contribution >= 0.6 is 0 Å². The predicted octanol–water partition coefficient (Wildman–Crippen LogP) is 4.01. The summed E-state index contributed by atoms with van der Waals surface area (Å²) < 4.78 is 10.8. The highest BCUT2D eigenvalue weighted by Crippen LogP contribution is 2.34. The highest BCUT2D eigenvalue weighted by Gasteiger charge is 2.31. The summed E-state index contributed by atoms with van der Waals surface area (Å²) in [7, 11) is 0. The van der Waals surface area contributed by atoms with Gasteiger partial charge in [0.05, 0.1) is 11.3 Å². The summed E-state index contributed by atoms with van der Waals surface area (Å²) in [5.74, 6) is 1.50. The Morgan fingerprint density at radius 2 is 2.00 bits per heavy atom. The fraction of sp³-hybridized carbons (Fsp3) is 0.217. The summed E-state index contributed by atoms with van der Waals surface area (Å²) in [6.45, 7) is 2.93. The van der Waals surface area contributed by atoms with Crippen molar-refractivity contribution in [2.75, 3.05) is 17.0 Å². The van der Waals surface area contributed by atoms with Crippen LogP contribution in [0.4, 0.5) is 11.4 Å². The second-order valence-corrected chi connectivity index (χ2v) is 7.36. The number of fused-ring (bicyclic) bond motifs is 2. The minimum atomic E-state index is -0.0262. The van der Waals surface area contributed by atoms with Crippen LogP contribution in [-0.4, -0.2) is 23.7 Å². The lowest BCUT2D eigenvalue weighted by Gasteiger charge is -2.23. The Bertz CT molecular complexity index is 1080. The maximum absolute atomic E-state index is 13.2. The molecule has 1 amide bonds. The van der Waals surface area contributed by atoms with Gasteiger partial charge in [-0.15, -0.1) is 0 Å². The first-order valence-electron chi connectivity index (χ1n) is 9.68. The Balaban J connectivity index is 1.33. The van der Waals surface area contributed by atoms with E-state index in [1.165, 1.54) is 5.56 Å². The molecule has 0 spiro atoms. The van der Waals surface area contributed by atoms with Crippen LogP contribution in [0.1, 0.15) is 28.4 Å². The van der Waals surface area contributed by atoms with E-state index in [1.54, 1.807) is 12.4 Å². The second kappa shape index (κ2) is 7.13. The molecule has 29 heavy (non-hydrogen) atoms. The minimum Gasteiger partial charge on any atom is -0.454 e. The molecule has 2 aliphatic heterocycles. The van der Waals surface area contributed by atoms with Crippen LogP contribution in [0.15, 0.2) is 60.9 Å². The molecule has 3 aromatic rings. The van der Waals surface area contributed by atoms with Crippen molar-refractivity contribution in [2.45, 2.75) is 25.9 Å². The first kappa shape index (κ1) is 17.6. The van der Waals surface area contributed by atoms with Gasteiger partial charge in [0.15, 0.2) is 11.5 Å². The average Bonchev–Trinajstić information content (AvgIpc) is 3.34. The van der Waals surface area contributed by atoms with Crippen molar-refractivity contribution >= 4 is 17.3 Å². The molecule has 0 radical (unpaired) electrons. The number of hydrogen-bond acceptors (Lipinski definition) is 5. The molecular weight excluding hydrogens is 366 g/mol. The standard InChI is InChI=1S/C23H21N3O3/c1-15-8-17-4-2-3-5-20(17)26(15)23(27)18-10-19(13-24-12-18)25-11-16-6-7-21-22(9-16)29-14-28-21/h2-7,9-10,12-13,15,25H,8,11,14H2,1H3. The molecule has 0 saturated carbocycles. The van der Waals surface area contributed by atoms with Crippen LogP contribution in [0.25, 0.3) is 0 Å². The van der Waals surface area contributed by atoms with Gasteiger partial charge in [-0.1, -0.05) is 24.3 Å². The Hall–Kier alpha value is -3.54. The Morgan fingerprint density at radius 1 is 1.14 bits per heavy atom. The summed E-state index contributed by atoms with van der Waals surface area (Å²) in [6, 6.07) is 15.9. The summed E-state index contributed by atoms with van der Waals surface area (Å²) in [4.78, 5) is 19.3. The van der Waals surface area contributed by atoms with Gasteiger partial charge in [-0.3, -0.25) is 9.78 Å². The highest BCUT2D eigenvalue weighted by molar-refractivity contribution is 6.08. The van der Waals surface area contributed by atoms with Crippen molar-refractivity contribution in [3.8, 4) is 11.5 Å². The summed E-state index contributed by atoms with van der Waals surface area (Å²) >= 11 is 0. The number of nitrogens with one attached hydrogen (secondary N) is 1. The van der Waals surface area contributed by atoms with Crippen LogP contribution in [0, 0.1) is 0 Å². The molecular formula is C23H21N3O3. The van der Waals surface area contributed by atoms with E-state index in [-0.39, 0.29) is 18.7 Å². The first-order chi connectivity index (χ1) is 14.2. The number of ether oxygens (including phenoxy) is 2. The Kier molecular flexibility index (Phi) is 4.31. The van der Waals surface area contributed by atoms with E-state index >= 15 is 0 Å². The SMILES string of the molecule is CC1Cc2ccccc2N1C(=O)c1cncc(NCc2ccc3c(c2)OCO3)c1. The normalized spacial score (nSPS) is 16.6. The monoisotopic (exact) mass is 387 g/mol. The molecule has 6 nitrogen and oxygen atoms in total. The summed E-state index contributed by atoms with van der Waals surface area (Å²) in [5, 5.41) is 3.34. The zero-order valence-corrected chi connectivity index (χ0v) is 16.1. The van der Waals surface area contributed by atoms with Gasteiger partial charge < -0.3 is 19.7 Å². The van der Waals surface area contributed by atoms with Crippen LogP contribution in [-0.2, 0) is 13.0 Å². The minimum absolute atomic E-state index is 0.0262. The highest BCUT2D eigenvalue weighted by atomic mass is 16.7. The van der Waals surface area contributed by atoms with Gasteiger partial charge in [-0.05, 0) is 48.7 Å². The molecule has 0 fully saturated rings. The fourth-order valence-electron chi connectivity index (χ4n) is 3.92. The molecule has 3 heterocycles. The van der Waals surface area contributed by atoms with Crippen molar-refractivity contribution in [1.29, 1.82) is 0 Å². The maximum atomic E-state index is 13.2. The summed E-state index contributed by atoms with van der Waals surface area (Å²) in [5.41, 5.74) is 4.63. The zero-order chi connectivity index (χ0) is 19.8. The number of anilines is 2. The number of para-hydroxylation sites is 1. The van der Waals surface area contributed by atoms with Crippen LogP contribution in [0.5, 0.6) is 11.5 Å². The number of hydrogen-bond donors (Lipinski definition) is 1. The van der Waals surface area contributed by atoms with E-state index in [2.05, 4.69) is 23.3 Å². The quantitative estimate of drug-likeness (QED) is 0.733. The third kappa shape index (κ3) is 3.27. The Morgan fingerprint density at radius 3 is 2.93 bits per heavy atom. The topological polar surface area (TPSA) is 63.7 Å². The number of nitrogens with zero attached hydrogens (tertiary/aromatic N) is 2. The predicted molar refractivity (Wildman–Crippen MR) is 111 cm³/mol. The Labute approximate surface area is 169 Å². The average molecular weight is 387 g/mol. The molecule has 0 bridgehead atoms. The molecule has 0 aliphatic carbocycles. The maximum Gasteiger partial charge on any atom is 0.260 e. The molecule has 2 aliphatic rings. The number of aromatic nitrogens is 1. The largest absolute Gasteiger partial charge is 0.454 e. The van der Waals surface area contributed by atoms with E-state index in [0.29, 0.717) is 12.1 Å². The van der Waals surface area contributed by atoms with Crippen molar-refractivity contribution in [3.63, 3.8) is 0 Å². The van der Waals surface area contributed by atoms with Crippen LogP contribution in [0.2, 0.25) is 0 Å². The van der Waals surface area contributed by atoms with Gasteiger partial charge in [-0.2, -0.15) is 0 Å². The van der Waals surface area contributed by atoms with Gasteiger partial charge in [-0.25, -0.2) is 0 Å². The van der Waals surface area contributed by atoms with Crippen molar-refractivity contribution in [2.24, 2.45) is 0 Å². The van der Waals surface area contributed by atoms with E-state index in [1.807, 2.05) is 47.4 Å². The van der Waals surface area contributed by atoms with Gasteiger partial charge in [0.25, 0.3) is 5.91 Å². The molecule has 1 atom stereocenters. The smallest absolute Gasteiger partial charge is 0.260 e. The number of rotatable bonds is 4. The van der Waals surface area contributed by atoms with E-state index in [0.717, 1.165) is 34.9 Å². The lowest BCUT2D eigenvalue weighted by atomic mass is 10.1. The number of pyridine rings is 1. The van der Waals surface area contributed by atoms with E-state index in [9.17, 15) is 4.79 Å². The summed E-state index contributed by atoms with van der Waals surface area (Å²) in [6.07, 6.45) is 4.23. The third-order valence-corrected chi connectivity index (χ3v) is 5.34. The lowest BCUT2D eigenvalue weighted by molar-refractivity contribution is 0.0981. The van der Waals surface area contributed by atoms with Crippen molar-refractivity contribution in [3.05, 3.63) is 77.6 Å². The van der Waals surface area contributed by atoms with E-state index in [4.69, 9.17) is 9.47 Å². The van der Waals surface area contributed by atoms with Gasteiger partial charge in [0, 0.05) is 30.7 Å². The fourth-order valence-corrected chi connectivity index (χ4v) is 3.92. The molecule has 2 aromatic carbocycles. The molecule has 1 aromatic heterocycles. The molecule has 0 saturated heterocycles. The van der Waals surface area contributed by atoms with Crippen LogP contribution < -0.4 is 19.7 Å². The van der Waals surface area contributed by atoms with Crippen molar-refractivity contribution in [1.82, 2.24) is 4.98 Å². The first-order valence-corrected chi connectivity index (χ1v) is 9.68. The number of amides is 1. The lowest BCUT2D eigenvalue weighted by Crippen LogP contribution is -2.35. The molecule has 6 heteroatoms. The van der Waals surface area contributed by atoms with Gasteiger partial charge in [0.1, 0.15) is 0 Å². The molecule has 146 valence electrons. The molecule has 5 rings (SSSR count). The van der Waals surface area contributed by atoms with Crippen molar-refractivity contribution < 1.29 is 14.3 Å². The number of benzene rings is 2. The molecule has 1 N–H and O–H groups in total. The molecule has 1 unspecified atom stereocenters. The third-order valence-electron chi connectivity index (χ3n) is 5.34. The zero-order valence-electron chi connectivity index (χ0n) is 16.1. The second-order valence-electron chi connectivity index (χ2n) is 7.36. The number of carbonyl (C=O) groups excluding carboxylic acids is 1.